The molecule has 0 aliphatic rings. The number of benzene rings is 2. The van der Waals surface area contributed by atoms with Gasteiger partial charge in [-0.15, -0.1) is 0 Å². The van der Waals surface area contributed by atoms with Gasteiger partial charge < -0.3 is 5.32 Å². The molecule has 1 amide bonds. The number of aromatic nitrogens is 4. The monoisotopic (exact) mass is 455 g/mol. The molecule has 33 heavy (non-hydrogen) atoms. The van der Waals surface area contributed by atoms with Crippen molar-refractivity contribution in [1.29, 1.82) is 0 Å². The number of alkyl halides is 3. The number of hydrogen-bond acceptors (Lipinski definition) is 4. The molecule has 0 bridgehead atoms. The van der Waals surface area contributed by atoms with Crippen LogP contribution in [-0.2, 0) is 17.5 Å². The van der Waals surface area contributed by atoms with Crippen molar-refractivity contribution < 1.29 is 18.0 Å². The predicted molar refractivity (Wildman–Crippen MR) is 116 cm³/mol. The first-order valence-corrected chi connectivity index (χ1v) is 10.1. The third-order valence-electron chi connectivity index (χ3n) is 5.37. The summed E-state index contributed by atoms with van der Waals surface area (Å²) in [6.07, 6.45) is -1.44. The lowest BCUT2D eigenvalue weighted by atomic mass is 10.1. The highest BCUT2D eigenvalue weighted by molar-refractivity contribution is 5.81. The van der Waals surface area contributed by atoms with E-state index in [9.17, 15) is 22.8 Å². The molecule has 7 nitrogen and oxygen atoms in total. The summed E-state index contributed by atoms with van der Waals surface area (Å²) in [4.78, 5) is 25.1. The van der Waals surface area contributed by atoms with Crippen LogP contribution in [0.3, 0.4) is 0 Å². The summed E-state index contributed by atoms with van der Waals surface area (Å²) in [5.74, 6) is -0.432. The molecule has 0 saturated carbocycles. The van der Waals surface area contributed by atoms with E-state index in [1.54, 1.807) is 38.1 Å². The Morgan fingerprint density at radius 1 is 1.09 bits per heavy atom. The molecular formula is C23H20F3N5O2. The summed E-state index contributed by atoms with van der Waals surface area (Å²) in [5.41, 5.74) is 0.345. The normalized spacial score (nSPS) is 12.6. The SMILES string of the molecule is Cc1c([C@@H](C)NC(=O)Cn2ncc3ccccc3c2=O)cnn1-c1cccc(C(F)(F)F)c1. The second kappa shape index (κ2) is 8.53. The van der Waals surface area contributed by atoms with Crippen LogP contribution >= 0.6 is 0 Å². The number of carbonyl (C=O) groups is 1. The van der Waals surface area contributed by atoms with Gasteiger partial charge in [0.1, 0.15) is 6.54 Å². The standard InChI is InChI=1S/C23H20F3N5O2/c1-14(29-21(32)13-30-22(33)19-9-4-3-6-16(19)11-27-30)20-12-28-31(15(20)2)18-8-5-7-17(10-18)23(24,25)26/h3-12,14H,13H2,1-2H3,(H,29,32)/t14-/m1/s1. The van der Waals surface area contributed by atoms with Crippen LogP contribution in [0.25, 0.3) is 16.5 Å². The van der Waals surface area contributed by atoms with Crippen LogP contribution in [-0.4, -0.2) is 25.5 Å². The molecule has 10 heteroatoms. The van der Waals surface area contributed by atoms with E-state index in [1.165, 1.54) is 29.2 Å². The van der Waals surface area contributed by atoms with E-state index in [2.05, 4.69) is 15.5 Å². The lowest BCUT2D eigenvalue weighted by molar-refractivity contribution is -0.137. The smallest absolute Gasteiger partial charge is 0.348 e. The van der Waals surface area contributed by atoms with Gasteiger partial charge in [-0.2, -0.15) is 23.4 Å². The van der Waals surface area contributed by atoms with E-state index < -0.39 is 23.7 Å². The maximum Gasteiger partial charge on any atom is 0.416 e. The first-order chi connectivity index (χ1) is 15.6. The zero-order chi connectivity index (χ0) is 23.8. The fourth-order valence-corrected chi connectivity index (χ4v) is 3.66. The highest BCUT2D eigenvalue weighted by Gasteiger charge is 2.30. The van der Waals surface area contributed by atoms with E-state index in [0.29, 0.717) is 22.0 Å². The van der Waals surface area contributed by atoms with Gasteiger partial charge in [0.2, 0.25) is 5.91 Å². The number of halogens is 3. The van der Waals surface area contributed by atoms with Gasteiger partial charge in [0.25, 0.3) is 5.56 Å². The quantitative estimate of drug-likeness (QED) is 0.497. The molecule has 2 aromatic heterocycles. The largest absolute Gasteiger partial charge is 0.416 e. The average Bonchev–Trinajstić information content (AvgIpc) is 3.17. The van der Waals surface area contributed by atoms with E-state index in [-0.39, 0.29) is 17.8 Å². The molecule has 4 aromatic rings. The van der Waals surface area contributed by atoms with Crippen LogP contribution in [0.15, 0.2) is 65.7 Å². The second-order valence-electron chi connectivity index (χ2n) is 7.63. The number of amides is 1. The summed E-state index contributed by atoms with van der Waals surface area (Å²) in [7, 11) is 0. The Morgan fingerprint density at radius 2 is 1.85 bits per heavy atom. The van der Waals surface area contributed by atoms with Crippen molar-refractivity contribution in [2.24, 2.45) is 0 Å². The van der Waals surface area contributed by atoms with Crippen LogP contribution in [0.4, 0.5) is 13.2 Å². The Labute approximate surface area is 186 Å². The first kappa shape index (κ1) is 22.3. The Bertz CT molecular complexity index is 1390. The van der Waals surface area contributed by atoms with E-state index in [0.717, 1.165) is 16.8 Å². The minimum Gasteiger partial charge on any atom is -0.348 e. The highest BCUT2D eigenvalue weighted by Crippen LogP contribution is 2.31. The van der Waals surface area contributed by atoms with Crippen molar-refractivity contribution in [2.75, 3.05) is 0 Å². The molecule has 0 unspecified atom stereocenters. The van der Waals surface area contributed by atoms with E-state index in [1.807, 2.05) is 0 Å². The summed E-state index contributed by atoms with van der Waals surface area (Å²) in [6, 6.07) is 11.3. The molecule has 0 aliphatic carbocycles. The van der Waals surface area contributed by atoms with Gasteiger partial charge in [-0.05, 0) is 38.1 Å². The lowest BCUT2D eigenvalue weighted by Gasteiger charge is -2.15. The average molecular weight is 455 g/mol. The van der Waals surface area contributed by atoms with Crippen molar-refractivity contribution in [1.82, 2.24) is 24.9 Å². The molecule has 0 radical (unpaired) electrons. The number of fused-ring (bicyclic) bond motifs is 1. The fraction of sp³-hybridized carbons (Fsp3) is 0.217. The number of nitrogens with zero attached hydrogens (tertiary/aromatic N) is 4. The maximum atomic E-state index is 13.0. The van der Waals surface area contributed by atoms with E-state index in [4.69, 9.17) is 0 Å². The molecule has 0 aliphatic heterocycles. The van der Waals surface area contributed by atoms with Crippen LogP contribution in [0.5, 0.6) is 0 Å². The van der Waals surface area contributed by atoms with Gasteiger partial charge in [0, 0.05) is 16.6 Å². The van der Waals surface area contributed by atoms with E-state index >= 15 is 0 Å². The minimum atomic E-state index is -4.46. The highest BCUT2D eigenvalue weighted by atomic mass is 19.4. The molecule has 0 fully saturated rings. The van der Waals surface area contributed by atoms with Crippen LogP contribution in [0, 0.1) is 6.92 Å². The van der Waals surface area contributed by atoms with Crippen molar-refractivity contribution in [3.8, 4) is 5.69 Å². The number of nitrogens with one attached hydrogen (secondary N) is 1. The van der Waals surface area contributed by atoms with Gasteiger partial charge in [-0.25, -0.2) is 9.36 Å². The molecule has 4 rings (SSSR count). The number of hydrogen-bond donors (Lipinski definition) is 1. The third kappa shape index (κ3) is 4.50. The summed E-state index contributed by atoms with van der Waals surface area (Å²) in [5, 5.41) is 12.2. The van der Waals surface area contributed by atoms with Crippen molar-refractivity contribution >= 4 is 16.7 Å². The molecule has 1 N–H and O–H groups in total. The van der Waals surface area contributed by atoms with Crippen molar-refractivity contribution in [3.05, 3.63) is 88.1 Å². The second-order valence-corrected chi connectivity index (χ2v) is 7.63. The van der Waals surface area contributed by atoms with Crippen LogP contribution in [0.2, 0.25) is 0 Å². The molecule has 0 spiro atoms. The number of carbonyl (C=O) groups excluding carboxylic acids is 1. The van der Waals surface area contributed by atoms with Gasteiger partial charge in [0.05, 0.1) is 35.1 Å². The Morgan fingerprint density at radius 3 is 2.61 bits per heavy atom. The fourth-order valence-electron chi connectivity index (χ4n) is 3.66. The van der Waals surface area contributed by atoms with Gasteiger partial charge in [0.15, 0.2) is 0 Å². The maximum absolute atomic E-state index is 13.0. The van der Waals surface area contributed by atoms with Crippen molar-refractivity contribution in [2.45, 2.75) is 32.6 Å². The van der Waals surface area contributed by atoms with Gasteiger partial charge in [-0.1, -0.05) is 24.3 Å². The summed E-state index contributed by atoms with van der Waals surface area (Å²) >= 11 is 0. The molecule has 2 aromatic carbocycles. The minimum absolute atomic E-state index is 0.263. The van der Waals surface area contributed by atoms with Crippen molar-refractivity contribution in [3.63, 3.8) is 0 Å². The molecular weight excluding hydrogens is 435 g/mol. The lowest BCUT2D eigenvalue weighted by Crippen LogP contribution is -2.35. The number of rotatable bonds is 5. The Kier molecular flexibility index (Phi) is 5.75. The summed E-state index contributed by atoms with van der Waals surface area (Å²) < 4.78 is 41.6. The predicted octanol–water partition coefficient (Wildman–Crippen LogP) is 3.79. The first-order valence-electron chi connectivity index (χ1n) is 10.1. The van der Waals surface area contributed by atoms with Gasteiger partial charge >= 0.3 is 6.18 Å². The zero-order valence-corrected chi connectivity index (χ0v) is 17.8. The van der Waals surface area contributed by atoms with Crippen LogP contribution < -0.4 is 10.9 Å². The van der Waals surface area contributed by atoms with Crippen LogP contribution in [0.1, 0.15) is 29.8 Å². The van der Waals surface area contributed by atoms with Gasteiger partial charge in [-0.3, -0.25) is 9.59 Å². The zero-order valence-electron chi connectivity index (χ0n) is 17.8. The molecule has 2 heterocycles. The Hall–Kier alpha value is -3.95. The molecule has 0 saturated heterocycles. The Balaban J connectivity index is 1.51. The third-order valence-corrected chi connectivity index (χ3v) is 5.37. The summed E-state index contributed by atoms with van der Waals surface area (Å²) in [6.45, 7) is 3.17. The molecule has 170 valence electrons. The topological polar surface area (TPSA) is 81.8 Å². The molecule has 1 atom stereocenters.